The van der Waals surface area contributed by atoms with E-state index in [1.807, 2.05) is 24.3 Å². The third kappa shape index (κ3) is 4.89. The van der Waals surface area contributed by atoms with Crippen molar-refractivity contribution in [3.8, 4) is 5.75 Å². The normalized spacial score (nSPS) is 25.5. The van der Waals surface area contributed by atoms with E-state index in [1.165, 1.54) is 0 Å². The van der Waals surface area contributed by atoms with Gasteiger partial charge in [0.2, 0.25) is 11.8 Å². The Morgan fingerprint density at radius 2 is 2.08 bits per heavy atom. The number of benzene rings is 1. The lowest BCUT2D eigenvalue weighted by atomic mass is 9.94. The first-order chi connectivity index (χ1) is 12.1. The van der Waals surface area contributed by atoms with Gasteiger partial charge in [0, 0.05) is 25.6 Å². The number of methoxy groups -OCH3 is 1. The molecule has 1 aromatic rings. The number of carbonyl (C=O) groups is 2. The summed E-state index contributed by atoms with van der Waals surface area (Å²) in [6, 6.07) is 7.89. The highest BCUT2D eigenvalue weighted by Crippen LogP contribution is 2.22. The van der Waals surface area contributed by atoms with Crippen molar-refractivity contribution in [1.29, 1.82) is 0 Å². The zero-order chi connectivity index (χ0) is 17.8. The Labute approximate surface area is 161 Å². The summed E-state index contributed by atoms with van der Waals surface area (Å²) in [5, 5.41) is 6.49. The van der Waals surface area contributed by atoms with E-state index in [1.54, 1.807) is 12.0 Å². The number of hydrogen-bond acceptors (Lipinski definition) is 4. The van der Waals surface area contributed by atoms with Gasteiger partial charge in [0.25, 0.3) is 0 Å². The molecule has 2 aliphatic rings. The maximum absolute atomic E-state index is 12.6. The largest absolute Gasteiger partial charge is 0.497 e. The number of carbonyl (C=O) groups excluding carboxylic acids is 2. The van der Waals surface area contributed by atoms with Gasteiger partial charge < -0.3 is 20.3 Å². The van der Waals surface area contributed by atoms with E-state index in [-0.39, 0.29) is 36.2 Å². The molecular formula is C19H28ClN3O3. The molecule has 2 saturated heterocycles. The molecule has 0 bridgehead atoms. The van der Waals surface area contributed by atoms with Crippen LogP contribution in [0, 0.1) is 11.8 Å². The fraction of sp³-hybridized carbons (Fsp3) is 0.579. The molecular weight excluding hydrogens is 354 g/mol. The van der Waals surface area contributed by atoms with Gasteiger partial charge in [-0.1, -0.05) is 19.1 Å². The summed E-state index contributed by atoms with van der Waals surface area (Å²) >= 11 is 0. The van der Waals surface area contributed by atoms with Gasteiger partial charge in [0.15, 0.2) is 0 Å². The zero-order valence-corrected chi connectivity index (χ0v) is 16.2. The Balaban J connectivity index is 0.00000243. The van der Waals surface area contributed by atoms with Crippen LogP contribution in [-0.2, 0) is 16.1 Å². The zero-order valence-electron chi connectivity index (χ0n) is 15.4. The number of hydrogen-bond donors (Lipinski definition) is 2. The molecule has 1 aromatic carbocycles. The van der Waals surface area contributed by atoms with Gasteiger partial charge in [-0.25, -0.2) is 0 Å². The lowest BCUT2D eigenvalue weighted by Gasteiger charge is -2.31. The molecule has 7 heteroatoms. The SMILES string of the molecule is COc1ccc(CN2CC(C(=O)NC3CCNCC3C)CC2=O)cc1.Cl. The number of piperidine rings is 1. The topological polar surface area (TPSA) is 70.7 Å². The van der Waals surface area contributed by atoms with Gasteiger partial charge in [-0.2, -0.15) is 0 Å². The molecule has 144 valence electrons. The van der Waals surface area contributed by atoms with Crippen LogP contribution in [0.2, 0.25) is 0 Å². The van der Waals surface area contributed by atoms with E-state index in [4.69, 9.17) is 4.74 Å². The van der Waals surface area contributed by atoms with Gasteiger partial charge in [-0.15, -0.1) is 12.4 Å². The second kappa shape index (κ2) is 9.24. The van der Waals surface area contributed by atoms with E-state index in [0.717, 1.165) is 30.8 Å². The third-order valence-corrected chi connectivity index (χ3v) is 5.23. The summed E-state index contributed by atoms with van der Waals surface area (Å²) < 4.78 is 5.15. The van der Waals surface area contributed by atoms with Crippen LogP contribution < -0.4 is 15.4 Å². The number of halogens is 1. The summed E-state index contributed by atoms with van der Waals surface area (Å²) in [4.78, 5) is 26.6. The van der Waals surface area contributed by atoms with E-state index in [0.29, 0.717) is 25.4 Å². The van der Waals surface area contributed by atoms with Gasteiger partial charge in [0.05, 0.1) is 13.0 Å². The molecule has 2 amide bonds. The minimum absolute atomic E-state index is 0. The summed E-state index contributed by atoms with van der Waals surface area (Å²) in [6.45, 7) is 5.04. The average Bonchev–Trinajstić information content (AvgIpc) is 2.98. The molecule has 0 spiro atoms. The van der Waals surface area contributed by atoms with E-state index in [2.05, 4.69) is 17.6 Å². The van der Waals surface area contributed by atoms with Gasteiger partial charge in [0.1, 0.15) is 5.75 Å². The fourth-order valence-electron chi connectivity index (χ4n) is 3.58. The quantitative estimate of drug-likeness (QED) is 0.812. The summed E-state index contributed by atoms with van der Waals surface area (Å²) in [5.74, 6) is 1.04. The summed E-state index contributed by atoms with van der Waals surface area (Å²) in [5.41, 5.74) is 1.04. The third-order valence-electron chi connectivity index (χ3n) is 5.23. The Kier molecular flexibility index (Phi) is 7.29. The maximum Gasteiger partial charge on any atom is 0.225 e. The van der Waals surface area contributed by atoms with E-state index in [9.17, 15) is 9.59 Å². The van der Waals surface area contributed by atoms with Crippen LogP contribution in [0.25, 0.3) is 0 Å². The first kappa shape index (κ1) is 20.5. The van der Waals surface area contributed by atoms with Crippen molar-refractivity contribution < 1.29 is 14.3 Å². The lowest BCUT2D eigenvalue weighted by Crippen LogP contribution is -2.50. The molecule has 2 heterocycles. The van der Waals surface area contributed by atoms with Crippen LogP contribution in [0.15, 0.2) is 24.3 Å². The Morgan fingerprint density at radius 3 is 2.73 bits per heavy atom. The van der Waals surface area contributed by atoms with Crippen LogP contribution in [0.1, 0.15) is 25.3 Å². The monoisotopic (exact) mass is 381 g/mol. The minimum Gasteiger partial charge on any atom is -0.497 e. The van der Waals surface area contributed by atoms with Crippen LogP contribution in [0.5, 0.6) is 5.75 Å². The summed E-state index contributed by atoms with van der Waals surface area (Å²) in [7, 11) is 1.63. The number of rotatable bonds is 5. The van der Waals surface area contributed by atoms with Crippen molar-refractivity contribution in [3.05, 3.63) is 29.8 Å². The number of likely N-dealkylation sites (tertiary alicyclic amines) is 1. The van der Waals surface area contributed by atoms with Crippen LogP contribution in [0.3, 0.4) is 0 Å². The number of ether oxygens (including phenoxy) is 1. The molecule has 2 fully saturated rings. The predicted molar refractivity (Wildman–Crippen MR) is 102 cm³/mol. The average molecular weight is 382 g/mol. The highest BCUT2D eigenvalue weighted by molar-refractivity contribution is 5.89. The van der Waals surface area contributed by atoms with Crippen molar-refractivity contribution in [1.82, 2.24) is 15.5 Å². The predicted octanol–water partition coefficient (Wildman–Crippen LogP) is 1.58. The van der Waals surface area contributed by atoms with Crippen molar-refractivity contribution in [2.75, 3.05) is 26.7 Å². The molecule has 0 saturated carbocycles. The molecule has 0 aliphatic carbocycles. The van der Waals surface area contributed by atoms with Crippen molar-refractivity contribution in [3.63, 3.8) is 0 Å². The van der Waals surface area contributed by atoms with E-state index >= 15 is 0 Å². The molecule has 0 radical (unpaired) electrons. The Bertz CT molecular complexity index is 623. The molecule has 0 aromatic heterocycles. The van der Waals surface area contributed by atoms with Crippen LogP contribution in [0.4, 0.5) is 0 Å². The standard InChI is InChI=1S/C19H27N3O3.ClH/c1-13-10-20-8-7-17(13)21-19(24)15-9-18(23)22(12-15)11-14-3-5-16(25-2)6-4-14;/h3-6,13,15,17,20H,7-12H2,1-2H3,(H,21,24);1H. The molecule has 3 rings (SSSR count). The smallest absolute Gasteiger partial charge is 0.225 e. The highest BCUT2D eigenvalue weighted by atomic mass is 35.5. The number of nitrogens with zero attached hydrogens (tertiary/aromatic N) is 1. The van der Waals surface area contributed by atoms with Gasteiger partial charge >= 0.3 is 0 Å². The number of amides is 2. The van der Waals surface area contributed by atoms with E-state index < -0.39 is 0 Å². The lowest BCUT2D eigenvalue weighted by molar-refractivity contribution is -0.129. The molecule has 2 N–H and O–H groups in total. The van der Waals surface area contributed by atoms with Crippen molar-refractivity contribution >= 4 is 24.2 Å². The molecule has 6 nitrogen and oxygen atoms in total. The van der Waals surface area contributed by atoms with Crippen molar-refractivity contribution in [2.45, 2.75) is 32.4 Å². The van der Waals surface area contributed by atoms with Gasteiger partial charge in [-0.3, -0.25) is 9.59 Å². The number of nitrogens with one attached hydrogen (secondary N) is 2. The first-order valence-electron chi connectivity index (χ1n) is 8.98. The maximum atomic E-state index is 12.6. The second-order valence-corrected chi connectivity index (χ2v) is 7.11. The Morgan fingerprint density at radius 1 is 1.35 bits per heavy atom. The van der Waals surface area contributed by atoms with Crippen LogP contribution >= 0.6 is 12.4 Å². The van der Waals surface area contributed by atoms with Crippen LogP contribution in [-0.4, -0.2) is 49.5 Å². The molecule has 2 aliphatic heterocycles. The van der Waals surface area contributed by atoms with Crippen molar-refractivity contribution in [2.24, 2.45) is 11.8 Å². The highest BCUT2D eigenvalue weighted by Gasteiger charge is 2.35. The fourth-order valence-corrected chi connectivity index (χ4v) is 3.58. The van der Waals surface area contributed by atoms with Gasteiger partial charge in [-0.05, 0) is 43.1 Å². The molecule has 3 unspecified atom stereocenters. The minimum atomic E-state index is -0.243. The molecule has 3 atom stereocenters. The summed E-state index contributed by atoms with van der Waals surface area (Å²) in [6.07, 6.45) is 1.25. The second-order valence-electron chi connectivity index (χ2n) is 7.11. The first-order valence-corrected chi connectivity index (χ1v) is 8.98. The Hall–Kier alpha value is -1.79. The molecule has 26 heavy (non-hydrogen) atoms.